The Kier molecular flexibility index (Phi) is 6.41. The van der Waals surface area contributed by atoms with Crippen LogP contribution in [0.2, 0.25) is 0 Å². The highest BCUT2D eigenvalue weighted by Crippen LogP contribution is 2.38. The summed E-state index contributed by atoms with van der Waals surface area (Å²) in [7, 11) is 0. The highest BCUT2D eigenvalue weighted by atomic mass is 79.9. The maximum absolute atomic E-state index is 5.87. The molecule has 0 aliphatic heterocycles. The van der Waals surface area contributed by atoms with Gasteiger partial charge < -0.3 is 4.74 Å². The molecule has 112 valence electrons. The maximum Gasteiger partial charge on any atom is 0.119 e. The molecule has 1 nitrogen and oxygen atoms in total. The van der Waals surface area contributed by atoms with Gasteiger partial charge in [0.15, 0.2) is 0 Å². The summed E-state index contributed by atoms with van der Waals surface area (Å²) in [5, 5.41) is 0. The Morgan fingerprint density at radius 3 is 2.55 bits per heavy atom. The Morgan fingerprint density at radius 2 is 1.90 bits per heavy atom. The van der Waals surface area contributed by atoms with Crippen LogP contribution in [0.15, 0.2) is 28.7 Å². The van der Waals surface area contributed by atoms with Gasteiger partial charge in [0.1, 0.15) is 5.75 Å². The van der Waals surface area contributed by atoms with Crippen LogP contribution in [0.4, 0.5) is 0 Å². The number of benzene rings is 1. The van der Waals surface area contributed by atoms with E-state index in [2.05, 4.69) is 45.7 Å². The molecule has 1 aromatic carbocycles. The Morgan fingerprint density at radius 1 is 1.20 bits per heavy atom. The molecule has 0 radical (unpaired) electrons. The largest absolute Gasteiger partial charge is 0.494 e. The minimum absolute atomic E-state index is 0.672. The zero-order chi connectivity index (χ0) is 14.5. The first-order chi connectivity index (χ1) is 9.56. The smallest absolute Gasteiger partial charge is 0.119 e. The van der Waals surface area contributed by atoms with Gasteiger partial charge in [0.05, 0.1) is 6.61 Å². The fourth-order valence-electron chi connectivity index (χ4n) is 3.03. The van der Waals surface area contributed by atoms with Crippen LogP contribution < -0.4 is 4.74 Å². The molecule has 1 aliphatic rings. The lowest BCUT2D eigenvalue weighted by molar-refractivity contribution is 0.189. The molecule has 0 N–H and O–H groups in total. The van der Waals surface area contributed by atoms with Crippen LogP contribution in [0.3, 0.4) is 0 Å². The lowest BCUT2D eigenvalue weighted by Crippen LogP contribution is -2.28. The Bertz CT molecular complexity index is 402. The molecule has 1 aromatic rings. The lowest BCUT2D eigenvalue weighted by atomic mass is 9.75. The summed E-state index contributed by atoms with van der Waals surface area (Å²) in [5.41, 5.74) is 0. The summed E-state index contributed by atoms with van der Waals surface area (Å²) in [5.74, 6) is 3.42. The average molecular weight is 404 g/mol. The van der Waals surface area contributed by atoms with Gasteiger partial charge in [-0.05, 0) is 67.7 Å². The Labute approximate surface area is 139 Å². The average Bonchev–Trinajstić information content (AvgIpc) is 2.43. The quantitative estimate of drug-likeness (QED) is 0.543. The molecule has 1 aliphatic carbocycles. The highest BCUT2D eigenvalue weighted by molar-refractivity contribution is 9.10. The van der Waals surface area contributed by atoms with E-state index >= 15 is 0 Å². The van der Waals surface area contributed by atoms with Gasteiger partial charge in [0.2, 0.25) is 0 Å². The summed E-state index contributed by atoms with van der Waals surface area (Å²) < 4.78 is 6.96. The van der Waals surface area contributed by atoms with Gasteiger partial charge in [0, 0.05) is 9.30 Å². The third-order valence-electron chi connectivity index (χ3n) is 4.44. The molecule has 3 atom stereocenters. The van der Waals surface area contributed by atoms with E-state index < -0.39 is 0 Å². The fraction of sp³-hybridized carbons (Fsp3) is 0.647. The first-order valence-corrected chi connectivity index (χ1v) is 9.29. The van der Waals surface area contributed by atoms with Crippen LogP contribution >= 0.6 is 31.9 Å². The standard InChI is InChI=1S/C17H24Br2O/c1-12(2)13-3-8-17(19)14(11-13)9-10-20-16-6-4-15(18)5-7-16/h4-7,12-14,17H,3,8-11H2,1-2H3. The van der Waals surface area contributed by atoms with E-state index in [0.717, 1.165) is 41.0 Å². The minimum Gasteiger partial charge on any atom is -0.494 e. The Balaban J connectivity index is 1.78. The van der Waals surface area contributed by atoms with Gasteiger partial charge in [-0.3, -0.25) is 0 Å². The monoisotopic (exact) mass is 402 g/mol. The van der Waals surface area contributed by atoms with Gasteiger partial charge in [-0.2, -0.15) is 0 Å². The van der Waals surface area contributed by atoms with Gasteiger partial charge in [-0.25, -0.2) is 0 Å². The fourth-order valence-corrected chi connectivity index (χ4v) is 4.04. The van der Waals surface area contributed by atoms with Crippen LogP contribution in [0.1, 0.15) is 39.5 Å². The van der Waals surface area contributed by atoms with Gasteiger partial charge in [-0.1, -0.05) is 45.7 Å². The van der Waals surface area contributed by atoms with E-state index in [-0.39, 0.29) is 0 Å². The van der Waals surface area contributed by atoms with Crippen molar-refractivity contribution in [3.63, 3.8) is 0 Å². The van der Waals surface area contributed by atoms with Crippen LogP contribution in [0.5, 0.6) is 5.75 Å². The van der Waals surface area contributed by atoms with Crippen molar-refractivity contribution >= 4 is 31.9 Å². The minimum atomic E-state index is 0.672. The van der Waals surface area contributed by atoms with Crippen molar-refractivity contribution < 1.29 is 4.74 Å². The molecule has 0 saturated heterocycles. The molecule has 0 bridgehead atoms. The van der Waals surface area contributed by atoms with Crippen LogP contribution in [-0.4, -0.2) is 11.4 Å². The molecule has 3 unspecified atom stereocenters. The maximum atomic E-state index is 5.87. The van der Waals surface area contributed by atoms with E-state index in [1.165, 1.54) is 19.3 Å². The molecule has 0 amide bonds. The first-order valence-electron chi connectivity index (χ1n) is 7.58. The molecule has 20 heavy (non-hydrogen) atoms. The highest BCUT2D eigenvalue weighted by Gasteiger charge is 2.30. The van der Waals surface area contributed by atoms with Crippen LogP contribution in [0.25, 0.3) is 0 Å². The molecule has 0 spiro atoms. The first kappa shape index (κ1) is 16.4. The summed E-state index contributed by atoms with van der Waals surface area (Å²) in [6.45, 7) is 5.53. The summed E-state index contributed by atoms with van der Waals surface area (Å²) in [6, 6.07) is 8.09. The van der Waals surface area contributed by atoms with Crippen molar-refractivity contribution in [1.82, 2.24) is 0 Å². The van der Waals surface area contributed by atoms with Crippen molar-refractivity contribution in [3.8, 4) is 5.75 Å². The van der Waals surface area contributed by atoms with Crippen molar-refractivity contribution in [2.24, 2.45) is 17.8 Å². The predicted molar refractivity (Wildman–Crippen MR) is 92.6 cm³/mol. The van der Waals surface area contributed by atoms with Gasteiger partial charge >= 0.3 is 0 Å². The lowest BCUT2D eigenvalue weighted by Gasteiger charge is -2.35. The second-order valence-corrected chi connectivity index (χ2v) is 8.28. The molecular formula is C17H24Br2O. The zero-order valence-electron chi connectivity index (χ0n) is 12.3. The summed E-state index contributed by atoms with van der Waals surface area (Å²) in [6.07, 6.45) is 5.18. The van der Waals surface area contributed by atoms with Crippen molar-refractivity contribution in [3.05, 3.63) is 28.7 Å². The van der Waals surface area contributed by atoms with Gasteiger partial charge in [0.25, 0.3) is 0 Å². The molecule has 0 heterocycles. The van der Waals surface area contributed by atoms with Crippen molar-refractivity contribution in [2.45, 2.75) is 44.4 Å². The van der Waals surface area contributed by atoms with Crippen LogP contribution in [0, 0.1) is 17.8 Å². The molecule has 3 heteroatoms. The zero-order valence-corrected chi connectivity index (χ0v) is 15.5. The third-order valence-corrected chi connectivity index (χ3v) is 6.18. The van der Waals surface area contributed by atoms with Crippen LogP contribution in [-0.2, 0) is 0 Å². The van der Waals surface area contributed by atoms with E-state index in [9.17, 15) is 0 Å². The number of alkyl halides is 1. The van der Waals surface area contributed by atoms with E-state index in [1.807, 2.05) is 24.3 Å². The number of hydrogen-bond acceptors (Lipinski definition) is 1. The van der Waals surface area contributed by atoms with E-state index in [4.69, 9.17) is 4.74 Å². The summed E-state index contributed by atoms with van der Waals surface area (Å²) in [4.78, 5) is 0.672. The second-order valence-electron chi connectivity index (χ2n) is 6.18. The number of rotatable bonds is 5. The van der Waals surface area contributed by atoms with Gasteiger partial charge in [-0.15, -0.1) is 0 Å². The Hall–Kier alpha value is -0.0200. The SMILES string of the molecule is CC(C)C1CCC(Br)C(CCOc2ccc(Br)cc2)C1. The summed E-state index contributed by atoms with van der Waals surface area (Å²) >= 11 is 7.31. The topological polar surface area (TPSA) is 9.23 Å². The normalized spacial score (nSPS) is 26.8. The third kappa shape index (κ3) is 4.77. The number of hydrogen-bond donors (Lipinski definition) is 0. The number of ether oxygens (including phenoxy) is 1. The molecule has 1 saturated carbocycles. The number of halogens is 2. The molecule has 0 aromatic heterocycles. The predicted octanol–water partition coefficient (Wildman–Crippen LogP) is 6.05. The van der Waals surface area contributed by atoms with Crippen molar-refractivity contribution in [1.29, 1.82) is 0 Å². The van der Waals surface area contributed by atoms with E-state index in [0.29, 0.717) is 4.83 Å². The van der Waals surface area contributed by atoms with Crippen molar-refractivity contribution in [2.75, 3.05) is 6.61 Å². The molecule has 2 rings (SSSR count). The molecular weight excluding hydrogens is 380 g/mol. The molecule has 1 fully saturated rings. The second kappa shape index (κ2) is 7.84. The van der Waals surface area contributed by atoms with E-state index in [1.54, 1.807) is 0 Å².